The molecule has 0 saturated carbocycles. The third-order valence-corrected chi connectivity index (χ3v) is 1.37. The number of rotatable bonds is 0. The van der Waals surface area contributed by atoms with E-state index in [1.807, 2.05) is 0 Å². The van der Waals surface area contributed by atoms with Gasteiger partial charge in [-0.2, -0.15) is 0 Å². The number of aromatic nitrogens is 3. The van der Waals surface area contributed by atoms with Crippen LogP contribution in [-0.4, -0.2) is 27.5 Å². The van der Waals surface area contributed by atoms with Crippen LogP contribution < -0.4 is 10.1 Å². The molecular formula is C5H6N4O2. The Morgan fingerprint density at radius 2 is 2.55 bits per heavy atom. The quantitative estimate of drug-likeness (QED) is 0.528. The van der Waals surface area contributed by atoms with E-state index >= 15 is 0 Å². The van der Waals surface area contributed by atoms with Gasteiger partial charge in [0, 0.05) is 7.05 Å². The SMILES string of the molecule is Cn1nnc2c1OCC(=O)N2. The minimum absolute atomic E-state index is 0.0359. The van der Waals surface area contributed by atoms with Gasteiger partial charge in [0.05, 0.1) is 0 Å². The first-order chi connectivity index (χ1) is 5.27. The topological polar surface area (TPSA) is 69.0 Å². The highest BCUT2D eigenvalue weighted by atomic mass is 16.5. The van der Waals surface area contributed by atoms with Gasteiger partial charge in [-0.15, -0.1) is 5.10 Å². The van der Waals surface area contributed by atoms with Gasteiger partial charge in [0.25, 0.3) is 11.8 Å². The van der Waals surface area contributed by atoms with Crippen molar-refractivity contribution >= 4 is 11.7 Å². The fraction of sp³-hybridized carbons (Fsp3) is 0.400. The Hall–Kier alpha value is -1.59. The Morgan fingerprint density at radius 1 is 1.73 bits per heavy atom. The van der Waals surface area contributed by atoms with Crippen molar-refractivity contribution in [2.45, 2.75) is 0 Å². The summed E-state index contributed by atoms with van der Waals surface area (Å²) in [5.74, 6) is 0.700. The van der Waals surface area contributed by atoms with Crippen LogP contribution >= 0.6 is 0 Å². The monoisotopic (exact) mass is 154 g/mol. The molecule has 11 heavy (non-hydrogen) atoms. The van der Waals surface area contributed by atoms with Crippen LogP contribution in [-0.2, 0) is 11.8 Å². The lowest BCUT2D eigenvalue weighted by atomic mass is 10.5. The van der Waals surface area contributed by atoms with Crippen LogP contribution in [0.4, 0.5) is 5.82 Å². The molecule has 1 amide bonds. The standard InChI is InChI=1S/C5H6N4O2/c1-9-5-4(7-8-9)6-3(10)2-11-5/h2H2,1H3,(H,6,10). The highest BCUT2D eigenvalue weighted by Crippen LogP contribution is 2.22. The summed E-state index contributed by atoms with van der Waals surface area (Å²) in [6.07, 6.45) is 0. The Bertz CT molecular complexity index is 305. The van der Waals surface area contributed by atoms with E-state index in [4.69, 9.17) is 4.74 Å². The smallest absolute Gasteiger partial charge is 0.263 e. The number of carbonyl (C=O) groups is 1. The van der Waals surface area contributed by atoms with Gasteiger partial charge < -0.3 is 10.1 Å². The van der Waals surface area contributed by atoms with E-state index in [1.54, 1.807) is 7.05 Å². The maximum atomic E-state index is 10.7. The van der Waals surface area contributed by atoms with Gasteiger partial charge in [-0.25, -0.2) is 4.68 Å². The summed E-state index contributed by atoms with van der Waals surface area (Å²) < 4.78 is 6.50. The molecular weight excluding hydrogens is 148 g/mol. The van der Waals surface area contributed by atoms with Gasteiger partial charge in [0.15, 0.2) is 6.61 Å². The molecule has 0 saturated heterocycles. The second-order valence-corrected chi connectivity index (χ2v) is 2.20. The van der Waals surface area contributed by atoms with Crippen LogP contribution in [0.5, 0.6) is 5.88 Å². The number of fused-ring (bicyclic) bond motifs is 1. The lowest BCUT2D eigenvalue weighted by Crippen LogP contribution is -2.25. The lowest BCUT2D eigenvalue weighted by Gasteiger charge is -2.11. The van der Waals surface area contributed by atoms with E-state index in [9.17, 15) is 4.79 Å². The van der Waals surface area contributed by atoms with Crippen LogP contribution in [0.1, 0.15) is 0 Å². The zero-order valence-corrected chi connectivity index (χ0v) is 5.87. The van der Waals surface area contributed by atoms with Crippen LogP contribution in [0.25, 0.3) is 0 Å². The Morgan fingerprint density at radius 3 is 3.36 bits per heavy atom. The molecule has 1 aliphatic heterocycles. The van der Waals surface area contributed by atoms with Gasteiger partial charge >= 0.3 is 0 Å². The lowest BCUT2D eigenvalue weighted by molar-refractivity contribution is -0.118. The van der Waals surface area contributed by atoms with Crippen LogP contribution in [0, 0.1) is 0 Å². The van der Waals surface area contributed by atoms with E-state index in [1.165, 1.54) is 4.68 Å². The van der Waals surface area contributed by atoms with Gasteiger partial charge in [-0.05, 0) is 0 Å². The van der Waals surface area contributed by atoms with Crippen molar-refractivity contribution in [3.63, 3.8) is 0 Å². The third kappa shape index (κ3) is 0.830. The molecule has 2 heterocycles. The molecule has 0 aliphatic carbocycles. The number of anilines is 1. The molecule has 2 rings (SSSR count). The molecule has 0 radical (unpaired) electrons. The van der Waals surface area contributed by atoms with E-state index in [-0.39, 0.29) is 12.5 Å². The summed E-state index contributed by atoms with van der Waals surface area (Å²) >= 11 is 0. The average Bonchev–Trinajstić information content (AvgIpc) is 2.32. The fourth-order valence-electron chi connectivity index (χ4n) is 0.891. The van der Waals surface area contributed by atoms with E-state index in [0.717, 1.165) is 0 Å². The highest BCUT2D eigenvalue weighted by Gasteiger charge is 2.20. The maximum absolute atomic E-state index is 10.7. The molecule has 1 aliphatic rings. The Balaban J connectivity index is 2.44. The summed E-state index contributed by atoms with van der Waals surface area (Å²) in [5, 5.41) is 9.84. The Labute approximate surface area is 62.1 Å². The number of nitrogens with one attached hydrogen (secondary N) is 1. The number of hydrogen-bond donors (Lipinski definition) is 1. The van der Waals surface area contributed by atoms with Gasteiger partial charge in [-0.1, -0.05) is 5.21 Å². The molecule has 58 valence electrons. The summed E-state index contributed by atoms with van der Waals surface area (Å²) in [5.41, 5.74) is 0. The largest absolute Gasteiger partial charge is 0.465 e. The predicted octanol–water partition coefficient (Wildman–Crippen LogP) is -0.854. The zero-order valence-electron chi connectivity index (χ0n) is 5.87. The second-order valence-electron chi connectivity index (χ2n) is 2.20. The van der Waals surface area contributed by atoms with E-state index in [0.29, 0.717) is 11.7 Å². The number of nitrogens with zero attached hydrogens (tertiary/aromatic N) is 3. The summed E-state index contributed by atoms with van der Waals surface area (Å²) in [6.45, 7) is 0.0359. The highest BCUT2D eigenvalue weighted by molar-refractivity contribution is 5.93. The van der Waals surface area contributed by atoms with Gasteiger partial charge in [0.2, 0.25) is 5.82 Å². The first-order valence-electron chi connectivity index (χ1n) is 3.09. The average molecular weight is 154 g/mol. The minimum atomic E-state index is -0.196. The summed E-state index contributed by atoms with van der Waals surface area (Å²) in [7, 11) is 1.70. The fourth-order valence-corrected chi connectivity index (χ4v) is 0.891. The molecule has 6 heteroatoms. The summed E-state index contributed by atoms with van der Waals surface area (Å²) in [6, 6.07) is 0. The van der Waals surface area contributed by atoms with Crippen molar-refractivity contribution in [3.05, 3.63) is 0 Å². The van der Waals surface area contributed by atoms with Crippen molar-refractivity contribution < 1.29 is 9.53 Å². The number of hydrogen-bond acceptors (Lipinski definition) is 4. The molecule has 0 unspecified atom stereocenters. The first kappa shape index (κ1) is 6.14. The second kappa shape index (κ2) is 1.94. The summed E-state index contributed by atoms with van der Waals surface area (Å²) in [4.78, 5) is 10.7. The van der Waals surface area contributed by atoms with Crippen molar-refractivity contribution in [1.82, 2.24) is 15.0 Å². The molecule has 0 atom stereocenters. The van der Waals surface area contributed by atoms with Crippen LogP contribution in [0.15, 0.2) is 0 Å². The Kier molecular flexibility index (Phi) is 1.09. The number of aryl methyl sites for hydroxylation is 1. The van der Waals surface area contributed by atoms with E-state index < -0.39 is 0 Å². The van der Waals surface area contributed by atoms with Crippen molar-refractivity contribution in [2.75, 3.05) is 11.9 Å². The molecule has 1 aromatic rings. The molecule has 0 spiro atoms. The minimum Gasteiger partial charge on any atom is -0.465 e. The van der Waals surface area contributed by atoms with Gasteiger partial charge in [-0.3, -0.25) is 4.79 Å². The molecule has 0 bridgehead atoms. The molecule has 0 aromatic carbocycles. The normalized spacial score (nSPS) is 15.2. The number of carbonyl (C=O) groups excluding carboxylic acids is 1. The third-order valence-electron chi connectivity index (χ3n) is 1.37. The van der Waals surface area contributed by atoms with Crippen LogP contribution in [0.2, 0.25) is 0 Å². The molecule has 6 nitrogen and oxygen atoms in total. The maximum Gasteiger partial charge on any atom is 0.263 e. The molecule has 0 fully saturated rings. The molecule has 1 aromatic heterocycles. The number of amides is 1. The molecule has 1 N–H and O–H groups in total. The van der Waals surface area contributed by atoms with Crippen molar-refractivity contribution in [3.8, 4) is 5.88 Å². The van der Waals surface area contributed by atoms with E-state index in [2.05, 4.69) is 15.6 Å². The van der Waals surface area contributed by atoms with Crippen molar-refractivity contribution in [1.29, 1.82) is 0 Å². The predicted molar refractivity (Wildman–Crippen MR) is 35.1 cm³/mol. The first-order valence-corrected chi connectivity index (χ1v) is 3.09. The zero-order chi connectivity index (χ0) is 7.84. The van der Waals surface area contributed by atoms with Crippen LogP contribution in [0.3, 0.4) is 0 Å². The van der Waals surface area contributed by atoms with Crippen molar-refractivity contribution in [2.24, 2.45) is 7.05 Å². The number of ether oxygens (including phenoxy) is 1. The van der Waals surface area contributed by atoms with Gasteiger partial charge in [0.1, 0.15) is 0 Å².